The molecular formula is C17H26N4O. The molecule has 2 aliphatic rings. The van der Waals surface area contributed by atoms with Gasteiger partial charge in [-0.05, 0) is 31.4 Å². The van der Waals surface area contributed by atoms with Gasteiger partial charge in [0.05, 0.1) is 5.69 Å². The maximum atomic E-state index is 12.6. The number of hydrogen-bond donors (Lipinski definition) is 1. The fraction of sp³-hybridized carbons (Fsp3) is 0.647. The first-order valence-electron chi connectivity index (χ1n) is 8.39. The van der Waals surface area contributed by atoms with Crippen LogP contribution in [0.5, 0.6) is 0 Å². The van der Waals surface area contributed by atoms with Crippen molar-refractivity contribution >= 4 is 5.91 Å². The number of aromatic nitrogens is 1. The van der Waals surface area contributed by atoms with E-state index >= 15 is 0 Å². The second kappa shape index (κ2) is 7.20. The molecule has 1 aromatic rings. The number of carbonyl (C=O) groups excluding carboxylic acids is 1. The van der Waals surface area contributed by atoms with E-state index in [-0.39, 0.29) is 12.0 Å². The largest absolute Gasteiger partial charge is 0.340 e. The second-order valence-corrected chi connectivity index (χ2v) is 6.55. The standard InChI is InChI=1S/C17H26N4O/c18-15-5-3-4-14(12-15)17(22)21-10-8-20(9-11-21)13-16-6-1-2-7-19-16/h1-2,6-7,14-15H,3-5,8-13,18H2/t14-,15-/m0/s1. The summed E-state index contributed by atoms with van der Waals surface area (Å²) in [5.41, 5.74) is 7.11. The quantitative estimate of drug-likeness (QED) is 0.912. The maximum Gasteiger partial charge on any atom is 0.225 e. The van der Waals surface area contributed by atoms with E-state index in [2.05, 4.69) is 16.0 Å². The molecule has 0 radical (unpaired) electrons. The van der Waals surface area contributed by atoms with Crippen LogP contribution >= 0.6 is 0 Å². The first-order chi connectivity index (χ1) is 10.7. The lowest BCUT2D eigenvalue weighted by Gasteiger charge is -2.37. The predicted molar refractivity (Wildman–Crippen MR) is 86.0 cm³/mol. The number of piperazine rings is 1. The summed E-state index contributed by atoms with van der Waals surface area (Å²) >= 11 is 0. The van der Waals surface area contributed by atoms with Gasteiger partial charge in [0.25, 0.3) is 0 Å². The molecule has 3 rings (SSSR count). The fourth-order valence-corrected chi connectivity index (χ4v) is 3.56. The Hall–Kier alpha value is -1.46. The summed E-state index contributed by atoms with van der Waals surface area (Å²) < 4.78 is 0. The van der Waals surface area contributed by atoms with Crippen molar-refractivity contribution in [2.45, 2.75) is 38.3 Å². The molecule has 2 N–H and O–H groups in total. The average Bonchev–Trinajstić information content (AvgIpc) is 2.56. The van der Waals surface area contributed by atoms with Crippen molar-refractivity contribution in [1.29, 1.82) is 0 Å². The molecule has 2 atom stereocenters. The van der Waals surface area contributed by atoms with Crippen LogP contribution in [0.15, 0.2) is 24.4 Å². The Balaban J connectivity index is 1.48. The van der Waals surface area contributed by atoms with E-state index in [9.17, 15) is 4.79 Å². The Morgan fingerprint density at radius 2 is 2.05 bits per heavy atom. The first-order valence-corrected chi connectivity index (χ1v) is 8.39. The van der Waals surface area contributed by atoms with E-state index < -0.39 is 0 Å². The van der Waals surface area contributed by atoms with Crippen LogP contribution in [0.3, 0.4) is 0 Å². The highest BCUT2D eigenvalue weighted by atomic mass is 16.2. The van der Waals surface area contributed by atoms with Gasteiger partial charge in [-0.25, -0.2) is 0 Å². The van der Waals surface area contributed by atoms with Crippen molar-refractivity contribution in [2.75, 3.05) is 26.2 Å². The van der Waals surface area contributed by atoms with Gasteiger partial charge in [0.15, 0.2) is 0 Å². The van der Waals surface area contributed by atoms with Crippen LogP contribution in [0.25, 0.3) is 0 Å². The monoisotopic (exact) mass is 302 g/mol. The molecule has 1 saturated carbocycles. The molecule has 1 aromatic heterocycles. The number of rotatable bonds is 3. The Morgan fingerprint density at radius 3 is 2.73 bits per heavy atom. The number of carbonyl (C=O) groups is 1. The minimum absolute atomic E-state index is 0.158. The molecule has 0 spiro atoms. The summed E-state index contributed by atoms with van der Waals surface area (Å²) in [6, 6.07) is 6.23. The third-order valence-electron chi connectivity index (χ3n) is 4.86. The molecule has 0 bridgehead atoms. The molecule has 1 aliphatic carbocycles. The average molecular weight is 302 g/mol. The van der Waals surface area contributed by atoms with Crippen LogP contribution in [0.4, 0.5) is 0 Å². The number of nitrogens with two attached hydrogens (primary N) is 1. The maximum absolute atomic E-state index is 12.6. The van der Waals surface area contributed by atoms with Crippen molar-refractivity contribution in [3.8, 4) is 0 Å². The summed E-state index contributed by atoms with van der Waals surface area (Å²) in [4.78, 5) is 21.4. The van der Waals surface area contributed by atoms with Crippen molar-refractivity contribution < 1.29 is 4.79 Å². The zero-order chi connectivity index (χ0) is 15.4. The van der Waals surface area contributed by atoms with E-state index in [4.69, 9.17) is 5.73 Å². The highest BCUT2D eigenvalue weighted by molar-refractivity contribution is 5.79. The van der Waals surface area contributed by atoms with Gasteiger partial charge in [-0.2, -0.15) is 0 Å². The van der Waals surface area contributed by atoms with Crippen molar-refractivity contribution in [1.82, 2.24) is 14.8 Å². The molecule has 5 nitrogen and oxygen atoms in total. The van der Waals surface area contributed by atoms with Crippen molar-refractivity contribution in [3.05, 3.63) is 30.1 Å². The Morgan fingerprint density at radius 1 is 1.23 bits per heavy atom. The lowest BCUT2D eigenvalue weighted by Crippen LogP contribution is -2.51. The van der Waals surface area contributed by atoms with E-state index in [1.807, 2.05) is 23.2 Å². The van der Waals surface area contributed by atoms with Gasteiger partial charge in [-0.15, -0.1) is 0 Å². The smallest absolute Gasteiger partial charge is 0.225 e. The zero-order valence-electron chi connectivity index (χ0n) is 13.2. The van der Waals surface area contributed by atoms with Crippen LogP contribution < -0.4 is 5.73 Å². The Bertz CT molecular complexity index is 485. The summed E-state index contributed by atoms with van der Waals surface area (Å²) in [5.74, 6) is 0.485. The topological polar surface area (TPSA) is 62.5 Å². The number of pyridine rings is 1. The van der Waals surface area contributed by atoms with Gasteiger partial charge in [0.1, 0.15) is 0 Å². The minimum atomic E-state index is 0.158. The lowest BCUT2D eigenvalue weighted by molar-refractivity contribution is -0.138. The Kier molecular flexibility index (Phi) is 5.05. The van der Waals surface area contributed by atoms with Crippen molar-refractivity contribution in [2.24, 2.45) is 11.7 Å². The van der Waals surface area contributed by atoms with Crippen LogP contribution in [-0.4, -0.2) is 52.9 Å². The summed E-state index contributed by atoms with van der Waals surface area (Å²) in [5, 5.41) is 0. The molecule has 0 unspecified atom stereocenters. The van der Waals surface area contributed by atoms with Gasteiger partial charge in [0, 0.05) is 50.9 Å². The number of amides is 1. The van der Waals surface area contributed by atoms with Gasteiger partial charge < -0.3 is 10.6 Å². The molecule has 120 valence electrons. The number of hydrogen-bond acceptors (Lipinski definition) is 4. The minimum Gasteiger partial charge on any atom is -0.340 e. The van der Waals surface area contributed by atoms with Crippen LogP contribution in [0.1, 0.15) is 31.4 Å². The zero-order valence-corrected chi connectivity index (χ0v) is 13.2. The summed E-state index contributed by atoms with van der Waals surface area (Å²) in [6.45, 7) is 4.40. The third kappa shape index (κ3) is 3.84. The molecule has 1 amide bonds. The van der Waals surface area contributed by atoms with Gasteiger partial charge in [-0.1, -0.05) is 12.5 Å². The molecule has 2 heterocycles. The molecule has 0 aromatic carbocycles. The van der Waals surface area contributed by atoms with Crippen LogP contribution in [0, 0.1) is 5.92 Å². The van der Waals surface area contributed by atoms with Gasteiger partial charge in [0.2, 0.25) is 5.91 Å². The van der Waals surface area contributed by atoms with E-state index in [1.165, 1.54) is 0 Å². The molecular weight excluding hydrogens is 276 g/mol. The molecule has 1 saturated heterocycles. The lowest BCUT2D eigenvalue weighted by atomic mass is 9.85. The van der Waals surface area contributed by atoms with Crippen LogP contribution in [0.2, 0.25) is 0 Å². The highest BCUT2D eigenvalue weighted by Crippen LogP contribution is 2.25. The van der Waals surface area contributed by atoms with E-state index in [1.54, 1.807) is 0 Å². The van der Waals surface area contributed by atoms with Crippen molar-refractivity contribution in [3.63, 3.8) is 0 Å². The normalized spacial score (nSPS) is 26.9. The number of nitrogens with zero attached hydrogens (tertiary/aromatic N) is 3. The van der Waals surface area contributed by atoms with E-state index in [0.29, 0.717) is 5.91 Å². The predicted octanol–water partition coefficient (Wildman–Crippen LogP) is 1.24. The van der Waals surface area contributed by atoms with Crippen LogP contribution in [-0.2, 0) is 11.3 Å². The summed E-state index contributed by atoms with van der Waals surface area (Å²) in [7, 11) is 0. The third-order valence-corrected chi connectivity index (χ3v) is 4.86. The molecule has 2 fully saturated rings. The van der Waals surface area contributed by atoms with E-state index in [0.717, 1.165) is 64.1 Å². The molecule has 1 aliphatic heterocycles. The Labute approximate surface area is 132 Å². The van der Waals surface area contributed by atoms with Gasteiger partial charge in [-0.3, -0.25) is 14.7 Å². The molecule has 5 heteroatoms. The fourth-order valence-electron chi connectivity index (χ4n) is 3.56. The highest BCUT2D eigenvalue weighted by Gasteiger charge is 2.30. The molecule has 22 heavy (non-hydrogen) atoms. The van der Waals surface area contributed by atoms with Gasteiger partial charge >= 0.3 is 0 Å². The second-order valence-electron chi connectivity index (χ2n) is 6.55. The SMILES string of the molecule is N[C@H]1CCC[C@H](C(=O)N2CCN(Cc3ccccn3)CC2)C1. The summed E-state index contributed by atoms with van der Waals surface area (Å²) in [6.07, 6.45) is 5.88. The first kappa shape index (κ1) is 15.4.